The van der Waals surface area contributed by atoms with Gasteiger partial charge in [0.25, 0.3) is 5.69 Å². The zero-order valence-electron chi connectivity index (χ0n) is 13.8. The number of nitro groups is 1. The molecule has 25 heavy (non-hydrogen) atoms. The number of hydrogen-bond donors (Lipinski definition) is 2. The second-order valence-corrected chi connectivity index (χ2v) is 7.67. The van der Waals surface area contributed by atoms with Crippen LogP contribution in [0.25, 0.3) is 0 Å². The van der Waals surface area contributed by atoms with Crippen LogP contribution in [0, 0.1) is 10.1 Å². The van der Waals surface area contributed by atoms with E-state index in [-0.39, 0.29) is 17.1 Å². The predicted octanol–water partition coefficient (Wildman–Crippen LogP) is 2.24. The monoisotopic (exact) mass is 361 g/mol. The van der Waals surface area contributed by atoms with E-state index in [9.17, 15) is 18.5 Å². The molecular formula is C17H19N3O4S. The Labute approximate surface area is 146 Å². The Balaban J connectivity index is 1.84. The van der Waals surface area contributed by atoms with E-state index < -0.39 is 14.9 Å². The molecule has 3 rings (SSSR count). The number of nitrogens with one attached hydrogen (secondary N) is 2. The van der Waals surface area contributed by atoms with Gasteiger partial charge in [-0.15, -0.1) is 0 Å². The summed E-state index contributed by atoms with van der Waals surface area (Å²) in [5, 5.41) is 14.2. The lowest BCUT2D eigenvalue weighted by atomic mass is 10.1. The maximum atomic E-state index is 12.6. The smallest absolute Gasteiger partial charge is 0.270 e. The maximum Gasteiger partial charge on any atom is 0.270 e. The summed E-state index contributed by atoms with van der Waals surface area (Å²) in [6.07, 6.45) is 0.471. The minimum Gasteiger partial charge on any atom is -0.309 e. The van der Waals surface area contributed by atoms with Gasteiger partial charge >= 0.3 is 0 Å². The van der Waals surface area contributed by atoms with Crippen LogP contribution in [0.3, 0.4) is 0 Å². The summed E-state index contributed by atoms with van der Waals surface area (Å²) in [6, 6.07) is 9.80. The predicted molar refractivity (Wildman–Crippen MR) is 93.5 cm³/mol. The molecule has 7 nitrogen and oxygen atoms in total. The van der Waals surface area contributed by atoms with Crippen molar-refractivity contribution in [2.24, 2.45) is 0 Å². The number of fused-ring (bicyclic) bond motifs is 1. The first kappa shape index (κ1) is 17.5. The van der Waals surface area contributed by atoms with Gasteiger partial charge in [-0.3, -0.25) is 10.1 Å². The first-order chi connectivity index (χ1) is 11.9. The molecule has 132 valence electrons. The molecule has 0 spiro atoms. The van der Waals surface area contributed by atoms with Crippen LogP contribution in [0.5, 0.6) is 0 Å². The van der Waals surface area contributed by atoms with Gasteiger partial charge in [-0.1, -0.05) is 31.2 Å². The number of aryl methyl sites for hydroxylation is 1. The van der Waals surface area contributed by atoms with Crippen LogP contribution in [0.1, 0.15) is 29.2 Å². The molecule has 0 fully saturated rings. The molecule has 0 saturated carbocycles. The highest BCUT2D eigenvalue weighted by molar-refractivity contribution is 7.89. The summed E-state index contributed by atoms with van der Waals surface area (Å²) in [5.74, 6) is 0. The van der Waals surface area contributed by atoms with Gasteiger partial charge in [0.15, 0.2) is 0 Å². The summed E-state index contributed by atoms with van der Waals surface area (Å²) in [4.78, 5) is 10.3. The molecule has 0 atom stereocenters. The highest BCUT2D eigenvalue weighted by atomic mass is 32.2. The Hall–Kier alpha value is -2.29. The van der Waals surface area contributed by atoms with Gasteiger partial charge in [-0.2, -0.15) is 0 Å². The van der Waals surface area contributed by atoms with Crippen LogP contribution in [0.4, 0.5) is 5.69 Å². The van der Waals surface area contributed by atoms with Crippen molar-refractivity contribution in [3.8, 4) is 0 Å². The molecule has 0 radical (unpaired) electrons. The topological polar surface area (TPSA) is 101 Å². The Morgan fingerprint density at radius 3 is 2.64 bits per heavy atom. The Kier molecular flexibility index (Phi) is 4.85. The first-order valence-corrected chi connectivity index (χ1v) is 9.47. The summed E-state index contributed by atoms with van der Waals surface area (Å²) < 4.78 is 27.8. The molecule has 1 aliphatic rings. The van der Waals surface area contributed by atoms with E-state index in [0.29, 0.717) is 12.0 Å². The molecule has 0 saturated heterocycles. The number of non-ortho nitro benzene ring substituents is 1. The lowest BCUT2D eigenvalue weighted by Crippen LogP contribution is -2.24. The van der Waals surface area contributed by atoms with Gasteiger partial charge in [-0.05, 0) is 28.7 Å². The minimum absolute atomic E-state index is 0.0352. The van der Waals surface area contributed by atoms with E-state index in [4.69, 9.17) is 0 Å². The molecule has 0 unspecified atom stereocenters. The molecular weight excluding hydrogens is 342 g/mol. The van der Waals surface area contributed by atoms with E-state index in [2.05, 4.69) is 10.0 Å². The third kappa shape index (κ3) is 3.71. The van der Waals surface area contributed by atoms with Crippen molar-refractivity contribution in [3.05, 3.63) is 68.8 Å². The second-order valence-electron chi connectivity index (χ2n) is 5.93. The number of nitrogens with zero attached hydrogens (tertiary/aromatic N) is 1. The van der Waals surface area contributed by atoms with Crippen molar-refractivity contribution < 1.29 is 13.3 Å². The van der Waals surface area contributed by atoms with Crippen LogP contribution < -0.4 is 10.0 Å². The van der Waals surface area contributed by atoms with Crippen molar-refractivity contribution >= 4 is 15.7 Å². The Morgan fingerprint density at radius 1 is 1.16 bits per heavy atom. The fourth-order valence-corrected chi connectivity index (χ4v) is 4.26. The van der Waals surface area contributed by atoms with Gasteiger partial charge in [0, 0.05) is 31.8 Å². The molecule has 0 aliphatic carbocycles. The molecule has 0 bridgehead atoms. The largest absolute Gasteiger partial charge is 0.309 e. The third-order valence-corrected chi connectivity index (χ3v) is 5.78. The zero-order valence-corrected chi connectivity index (χ0v) is 14.6. The minimum atomic E-state index is -3.84. The van der Waals surface area contributed by atoms with Crippen LogP contribution >= 0.6 is 0 Å². The normalized spacial score (nSPS) is 13.6. The Bertz CT molecular complexity index is 925. The molecule has 1 heterocycles. The molecule has 8 heteroatoms. The molecule has 0 aromatic heterocycles. The lowest BCUT2D eigenvalue weighted by Gasteiger charge is -2.11. The van der Waals surface area contributed by atoms with Gasteiger partial charge in [-0.25, -0.2) is 13.1 Å². The summed E-state index contributed by atoms with van der Waals surface area (Å²) in [6.45, 7) is 3.56. The van der Waals surface area contributed by atoms with Crippen molar-refractivity contribution in [1.29, 1.82) is 0 Å². The second kappa shape index (κ2) is 6.91. The molecule has 1 aliphatic heterocycles. The maximum absolute atomic E-state index is 12.6. The van der Waals surface area contributed by atoms with Gasteiger partial charge in [0.2, 0.25) is 10.0 Å². The van der Waals surface area contributed by atoms with Gasteiger partial charge < -0.3 is 5.32 Å². The van der Waals surface area contributed by atoms with Crippen LogP contribution in [0.2, 0.25) is 0 Å². The average Bonchev–Trinajstić information content (AvgIpc) is 3.07. The number of sulfonamides is 1. The number of benzene rings is 2. The SMILES string of the molecule is CCc1ccc([N+](=O)[O-])cc1S(=O)(=O)NCc1ccc2c(c1)CNC2. The molecule has 2 aromatic carbocycles. The van der Waals surface area contributed by atoms with Gasteiger partial charge in [0.05, 0.1) is 9.82 Å². The molecule has 2 N–H and O–H groups in total. The highest BCUT2D eigenvalue weighted by Gasteiger charge is 2.21. The van der Waals surface area contributed by atoms with E-state index >= 15 is 0 Å². The van der Waals surface area contributed by atoms with E-state index in [0.717, 1.165) is 24.7 Å². The first-order valence-electron chi connectivity index (χ1n) is 7.99. The quantitative estimate of drug-likeness (QED) is 0.607. The van der Waals surface area contributed by atoms with Crippen LogP contribution in [-0.4, -0.2) is 13.3 Å². The number of rotatable bonds is 6. The Morgan fingerprint density at radius 2 is 1.92 bits per heavy atom. The standard InChI is InChI=1S/C17H19N3O4S/c1-2-13-5-6-16(20(21)22)8-17(13)25(23,24)19-9-12-3-4-14-10-18-11-15(14)7-12/h3-8,18-19H,2,9-11H2,1H3. The fraction of sp³-hybridized carbons (Fsp3) is 0.294. The van der Waals surface area contributed by atoms with E-state index in [1.165, 1.54) is 23.3 Å². The summed E-state index contributed by atoms with van der Waals surface area (Å²) in [5.41, 5.74) is 3.56. The average molecular weight is 361 g/mol. The summed E-state index contributed by atoms with van der Waals surface area (Å²) >= 11 is 0. The number of nitro benzene ring substituents is 1. The zero-order chi connectivity index (χ0) is 18.0. The van der Waals surface area contributed by atoms with E-state index in [1.807, 2.05) is 25.1 Å². The van der Waals surface area contributed by atoms with Crippen molar-refractivity contribution in [1.82, 2.24) is 10.0 Å². The van der Waals surface area contributed by atoms with Crippen molar-refractivity contribution in [2.75, 3.05) is 0 Å². The molecule has 2 aromatic rings. The fourth-order valence-electron chi connectivity index (χ4n) is 2.91. The lowest BCUT2D eigenvalue weighted by molar-refractivity contribution is -0.385. The summed E-state index contributed by atoms with van der Waals surface area (Å²) in [7, 11) is -3.84. The third-order valence-electron chi connectivity index (χ3n) is 4.30. The van der Waals surface area contributed by atoms with Crippen molar-refractivity contribution in [2.45, 2.75) is 37.9 Å². The highest BCUT2D eigenvalue weighted by Crippen LogP contribution is 2.23. The molecule has 0 amide bonds. The van der Waals surface area contributed by atoms with Crippen LogP contribution in [0.15, 0.2) is 41.3 Å². The van der Waals surface area contributed by atoms with E-state index in [1.54, 1.807) is 0 Å². The van der Waals surface area contributed by atoms with Gasteiger partial charge in [0.1, 0.15) is 0 Å². The van der Waals surface area contributed by atoms with Crippen molar-refractivity contribution in [3.63, 3.8) is 0 Å². The van der Waals surface area contributed by atoms with Crippen LogP contribution in [-0.2, 0) is 36.1 Å². The number of hydrogen-bond acceptors (Lipinski definition) is 5.